The van der Waals surface area contributed by atoms with Gasteiger partial charge in [-0.05, 0) is 30.3 Å². The molecule has 1 heterocycles. The first-order chi connectivity index (χ1) is 11.2. The van der Waals surface area contributed by atoms with Gasteiger partial charge >= 0.3 is 6.18 Å². The number of aromatic nitrogens is 1. The summed E-state index contributed by atoms with van der Waals surface area (Å²) in [7, 11) is 0. The molecule has 0 radical (unpaired) electrons. The third-order valence-electron chi connectivity index (χ3n) is 2.81. The van der Waals surface area contributed by atoms with Gasteiger partial charge in [0, 0.05) is 23.5 Å². The zero-order chi connectivity index (χ0) is 17.7. The Morgan fingerprint density at radius 3 is 2.21 bits per heavy atom. The second-order valence-electron chi connectivity index (χ2n) is 4.68. The number of carbonyl (C=O) groups excluding carboxylic acids is 2. The Balaban J connectivity index is 1.98. The van der Waals surface area contributed by atoms with Crippen molar-refractivity contribution in [3.8, 4) is 5.88 Å². The van der Waals surface area contributed by atoms with E-state index in [9.17, 15) is 22.8 Å². The molecular formula is C15H12F3N3O3. The highest BCUT2D eigenvalue weighted by atomic mass is 19.4. The molecule has 1 aromatic carbocycles. The van der Waals surface area contributed by atoms with Gasteiger partial charge in [0.2, 0.25) is 11.8 Å². The third-order valence-corrected chi connectivity index (χ3v) is 2.81. The van der Waals surface area contributed by atoms with Crippen molar-refractivity contribution in [2.75, 3.05) is 11.9 Å². The Bertz CT molecular complexity index is 728. The van der Waals surface area contributed by atoms with E-state index < -0.39 is 24.6 Å². The SMILES string of the molecule is NC(=O)c1ccc(NC(=O)c2ccc(OCC(F)(F)F)nc2)cc1. The Kier molecular flexibility index (Phi) is 5.02. The molecule has 0 spiro atoms. The number of hydrogen-bond acceptors (Lipinski definition) is 4. The molecule has 0 aliphatic heterocycles. The Hall–Kier alpha value is -3.10. The van der Waals surface area contributed by atoms with Crippen LogP contribution in [0.25, 0.3) is 0 Å². The molecule has 0 aliphatic carbocycles. The molecule has 1 aromatic heterocycles. The van der Waals surface area contributed by atoms with Crippen LogP contribution in [0.5, 0.6) is 5.88 Å². The van der Waals surface area contributed by atoms with Crippen LogP contribution in [0.4, 0.5) is 18.9 Å². The van der Waals surface area contributed by atoms with Crippen LogP contribution in [-0.2, 0) is 0 Å². The van der Waals surface area contributed by atoms with E-state index in [0.29, 0.717) is 11.3 Å². The average molecular weight is 339 g/mol. The second-order valence-corrected chi connectivity index (χ2v) is 4.68. The standard InChI is InChI=1S/C15H12F3N3O3/c16-15(17,18)8-24-12-6-3-10(7-20-12)14(23)21-11-4-1-9(2-5-11)13(19)22/h1-7H,8H2,(H2,19,22)(H,21,23). The molecule has 0 aliphatic rings. The van der Waals surface area contributed by atoms with E-state index in [2.05, 4.69) is 15.0 Å². The van der Waals surface area contributed by atoms with Crippen LogP contribution >= 0.6 is 0 Å². The van der Waals surface area contributed by atoms with Gasteiger partial charge in [0.15, 0.2) is 6.61 Å². The lowest BCUT2D eigenvalue weighted by atomic mass is 10.2. The molecule has 126 valence electrons. The number of anilines is 1. The first-order valence-corrected chi connectivity index (χ1v) is 6.61. The van der Waals surface area contributed by atoms with Crippen molar-refractivity contribution in [3.05, 3.63) is 53.7 Å². The molecular weight excluding hydrogens is 327 g/mol. The Morgan fingerprint density at radius 1 is 1.08 bits per heavy atom. The summed E-state index contributed by atoms with van der Waals surface area (Å²) in [6, 6.07) is 8.33. The van der Waals surface area contributed by atoms with Crippen LogP contribution < -0.4 is 15.8 Å². The molecule has 3 N–H and O–H groups in total. The number of halogens is 3. The van der Waals surface area contributed by atoms with E-state index in [4.69, 9.17) is 5.73 Å². The predicted octanol–water partition coefficient (Wildman–Crippen LogP) is 2.37. The molecule has 0 saturated carbocycles. The molecule has 6 nitrogen and oxygen atoms in total. The lowest BCUT2D eigenvalue weighted by Crippen LogP contribution is -2.19. The van der Waals surface area contributed by atoms with Crippen molar-refractivity contribution in [2.24, 2.45) is 5.73 Å². The molecule has 9 heteroatoms. The predicted molar refractivity (Wildman–Crippen MR) is 78.7 cm³/mol. The van der Waals surface area contributed by atoms with Crippen molar-refractivity contribution < 1.29 is 27.5 Å². The summed E-state index contributed by atoms with van der Waals surface area (Å²) in [6.45, 7) is -1.46. The minimum absolute atomic E-state index is 0.133. The normalized spacial score (nSPS) is 11.0. The largest absolute Gasteiger partial charge is 0.468 e. The van der Waals surface area contributed by atoms with Gasteiger partial charge < -0.3 is 15.8 Å². The summed E-state index contributed by atoms with van der Waals surface area (Å²) < 4.78 is 40.5. The van der Waals surface area contributed by atoms with Crippen LogP contribution in [-0.4, -0.2) is 29.6 Å². The maximum Gasteiger partial charge on any atom is 0.422 e. The quantitative estimate of drug-likeness (QED) is 0.874. The van der Waals surface area contributed by atoms with Crippen LogP contribution in [0.3, 0.4) is 0 Å². The number of pyridine rings is 1. The van der Waals surface area contributed by atoms with Gasteiger partial charge in [-0.3, -0.25) is 9.59 Å². The molecule has 0 atom stereocenters. The number of nitrogens with zero attached hydrogens (tertiary/aromatic N) is 1. The number of amides is 2. The van der Waals surface area contributed by atoms with Gasteiger partial charge in [0.05, 0.1) is 5.56 Å². The zero-order valence-corrected chi connectivity index (χ0v) is 12.1. The average Bonchev–Trinajstić information content (AvgIpc) is 2.53. The highest BCUT2D eigenvalue weighted by molar-refractivity contribution is 6.04. The molecule has 0 fully saturated rings. The van der Waals surface area contributed by atoms with Gasteiger partial charge in [0.25, 0.3) is 5.91 Å². The van der Waals surface area contributed by atoms with Crippen molar-refractivity contribution in [1.29, 1.82) is 0 Å². The minimum atomic E-state index is -4.46. The van der Waals surface area contributed by atoms with Gasteiger partial charge in [-0.25, -0.2) is 4.98 Å². The van der Waals surface area contributed by atoms with Crippen LogP contribution in [0, 0.1) is 0 Å². The van der Waals surface area contributed by atoms with Gasteiger partial charge in [0.1, 0.15) is 0 Å². The first-order valence-electron chi connectivity index (χ1n) is 6.61. The van der Waals surface area contributed by atoms with Gasteiger partial charge in [-0.2, -0.15) is 13.2 Å². The fraction of sp³-hybridized carbons (Fsp3) is 0.133. The summed E-state index contributed by atoms with van der Waals surface area (Å²) in [6.07, 6.45) is -3.37. The number of alkyl halides is 3. The van der Waals surface area contributed by atoms with Gasteiger partial charge in [-0.15, -0.1) is 0 Å². The summed E-state index contributed by atoms with van der Waals surface area (Å²) in [5.74, 6) is -1.35. The summed E-state index contributed by atoms with van der Waals surface area (Å²) >= 11 is 0. The van der Waals surface area contributed by atoms with E-state index in [1.54, 1.807) is 0 Å². The summed E-state index contributed by atoms with van der Waals surface area (Å²) in [5, 5.41) is 2.55. The summed E-state index contributed by atoms with van der Waals surface area (Å²) in [5.41, 5.74) is 5.95. The van der Waals surface area contributed by atoms with Crippen LogP contribution in [0.2, 0.25) is 0 Å². The van der Waals surface area contributed by atoms with Crippen LogP contribution in [0.15, 0.2) is 42.6 Å². The van der Waals surface area contributed by atoms with E-state index in [-0.39, 0.29) is 11.4 Å². The minimum Gasteiger partial charge on any atom is -0.468 e. The number of carbonyl (C=O) groups is 2. The topological polar surface area (TPSA) is 94.3 Å². The second kappa shape index (κ2) is 6.99. The number of benzene rings is 1. The third kappa shape index (κ3) is 4.97. The lowest BCUT2D eigenvalue weighted by Gasteiger charge is -2.09. The van der Waals surface area contributed by atoms with Crippen LogP contribution in [0.1, 0.15) is 20.7 Å². The maximum absolute atomic E-state index is 12.0. The molecule has 0 unspecified atom stereocenters. The molecule has 2 rings (SSSR count). The molecule has 0 bridgehead atoms. The smallest absolute Gasteiger partial charge is 0.422 e. The summed E-state index contributed by atoms with van der Waals surface area (Å²) in [4.78, 5) is 26.6. The Labute approximate surface area is 134 Å². The number of ether oxygens (including phenoxy) is 1. The van der Waals surface area contributed by atoms with E-state index in [1.807, 2.05) is 0 Å². The molecule has 24 heavy (non-hydrogen) atoms. The number of nitrogens with two attached hydrogens (primary N) is 1. The van der Waals surface area contributed by atoms with Crippen molar-refractivity contribution in [2.45, 2.75) is 6.18 Å². The Morgan fingerprint density at radius 2 is 1.71 bits per heavy atom. The van der Waals surface area contributed by atoms with Crippen molar-refractivity contribution in [3.63, 3.8) is 0 Å². The monoisotopic (exact) mass is 339 g/mol. The zero-order valence-electron chi connectivity index (χ0n) is 12.1. The fourth-order valence-electron chi connectivity index (χ4n) is 1.68. The van der Waals surface area contributed by atoms with E-state index >= 15 is 0 Å². The molecule has 0 saturated heterocycles. The van der Waals surface area contributed by atoms with E-state index in [0.717, 1.165) is 12.3 Å². The fourth-order valence-corrected chi connectivity index (χ4v) is 1.68. The first kappa shape index (κ1) is 17.3. The van der Waals surface area contributed by atoms with Crippen molar-refractivity contribution in [1.82, 2.24) is 4.98 Å². The molecule has 2 aromatic rings. The highest BCUT2D eigenvalue weighted by Crippen LogP contribution is 2.17. The molecule has 2 amide bonds. The highest BCUT2D eigenvalue weighted by Gasteiger charge is 2.28. The van der Waals surface area contributed by atoms with Crippen molar-refractivity contribution >= 4 is 17.5 Å². The number of rotatable bonds is 5. The van der Waals surface area contributed by atoms with Gasteiger partial charge in [-0.1, -0.05) is 0 Å². The van der Waals surface area contributed by atoms with E-state index in [1.165, 1.54) is 30.3 Å². The maximum atomic E-state index is 12.0. The number of primary amides is 1. The number of nitrogens with one attached hydrogen (secondary N) is 1. The number of hydrogen-bond donors (Lipinski definition) is 2. The lowest BCUT2D eigenvalue weighted by molar-refractivity contribution is -0.154.